The van der Waals surface area contributed by atoms with E-state index in [2.05, 4.69) is 61.2 Å². The summed E-state index contributed by atoms with van der Waals surface area (Å²) in [6.07, 6.45) is 5.09. The average molecular weight is 381 g/mol. The zero-order valence-corrected chi connectivity index (χ0v) is 16.1. The molecule has 5 rings (SSSR count). The predicted octanol–water partition coefficient (Wildman–Crippen LogP) is 4.16. The molecule has 5 aromatic rings. The molecule has 142 valence electrons. The third-order valence-electron chi connectivity index (χ3n) is 5.28. The van der Waals surface area contributed by atoms with E-state index in [1.54, 1.807) is 6.20 Å². The molecule has 7 heteroatoms. The van der Waals surface area contributed by atoms with E-state index in [-0.39, 0.29) is 6.04 Å². The van der Waals surface area contributed by atoms with Gasteiger partial charge in [-0.25, -0.2) is 15.0 Å². The zero-order chi connectivity index (χ0) is 19.8. The van der Waals surface area contributed by atoms with Crippen LogP contribution >= 0.6 is 0 Å². The molecule has 0 bridgehead atoms. The summed E-state index contributed by atoms with van der Waals surface area (Å²) in [5.74, 6) is 0.834. The molecular formula is C22H19N7. The van der Waals surface area contributed by atoms with Crippen molar-refractivity contribution in [2.75, 3.05) is 11.9 Å². The standard InChI is InChI=1S/C22H19N7/c1-14(15-6-4-3-5-7-15)29(2)20-12-23-19-10-16(8-9-18(19)27-20)21-17-11-26-28-22(17)25-13-24-21/h3-14H,1-2H3,(H,24,25,26,28)/t14-/m0/s1. The summed E-state index contributed by atoms with van der Waals surface area (Å²) in [7, 11) is 2.04. The normalized spacial score (nSPS) is 12.3. The van der Waals surface area contributed by atoms with Gasteiger partial charge < -0.3 is 4.90 Å². The van der Waals surface area contributed by atoms with Crippen molar-refractivity contribution < 1.29 is 0 Å². The highest BCUT2D eigenvalue weighted by Gasteiger charge is 2.15. The number of rotatable bonds is 4. The Hall–Kier alpha value is -3.87. The monoisotopic (exact) mass is 381 g/mol. The summed E-state index contributed by atoms with van der Waals surface area (Å²) in [6.45, 7) is 2.16. The van der Waals surface area contributed by atoms with Crippen molar-refractivity contribution in [1.29, 1.82) is 0 Å². The van der Waals surface area contributed by atoms with Crippen LogP contribution < -0.4 is 4.90 Å². The lowest BCUT2D eigenvalue weighted by Crippen LogP contribution is -2.22. The second kappa shape index (κ2) is 6.94. The zero-order valence-electron chi connectivity index (χ0n) is 16.1. The molecule has 0 radical (unpaired) electrons. The van der Waals surface area contributed by atoms with Gasteiger partial charge in [-0.3, -0.25) is 10.1 Å². The van der Waals surface area contributed by atoms with Crippen LogP contribution in [0.15, 0.2) is 67.3 Å². The lowest BCUT2D eigenvalue weighted by atomic mass is 10.1. The number of aromatic amines is 1. The Morgan fingerprint density at radius 1 is 0.931 bits per heavy atom. The number of anilines is 1. The Kier molecular flexibility index (Phi) is 4.13. The molecule has 0 spiro atoms. The van der Waals surface area contributed by atoms with Crippen LogP contribution in [0.2, 0.25) is 0 Å². The van der Waals surface area contributed by atoms with Crippen LogP contribution in [-0.4, -0.2) is 37.2 Å². The maximum absolute atomic E-state index is 4.82. The number of hydrogen-bond acceptors (Lipinski definition) is 6. The van der Waals surface area contributed by atoms with E-state index in [9.17, 15) is 0 Å². The van der Waals surface area contributed by atoms with Crippen LogP contribution in [0.1, 0.15) is 18.5 Å². The van der Waals surface area contributed by atoms with Gasteiger partial charge in [-0.05, 0) is 24.6 Å². The highest BCUT2D eigenvalue weighted by Crippen LogP contribution is 2.28. The molecule has 2 aromatic carbocycles. The molecule has 0 aliphatic rings. The van der Waals surface area contributed by atoms with Crippen molar-refractivity contribution in [3.8, 4) is 11.3 Å². The van der Waals surface area contributed by atoms with Gasteiger partial charge in [-0.2, -0.15) is 5.10 Å². The minimum atomic E-state index is 0.192. The van der Waals surface area contributed by atoms with Gasteiger partial charge in [-0.15, -0.1) is 0 Å². The summed E-state index contributed by atoms with van der Waals surface area (Å²) in [5, 5.41) is 7.82. The lowest BCUT2D eigenvalue weighted by Gasteiger charge is -2.26. The molecule has 3 aromatic heterocycles. The average Bonchev–Trinajstić information content (AvgIpc) is 3.27. The summed E-state index contributed by atoms with van der Waals surface area (Å²) >= 11 is 0. The lowest BCUT2D eigenvalue weighted by molar-refractivity contribution is 0.728. The molecule has 0 aliphatic heterocycles. The summed E-state index contributed by atoms with van der Waals surface area (Å²) < 4.78 is 0. The van der Waals surface area contributed by atoms with Gasteiger partial charge in [0.1, 0.15) is 12.1 Å². The summed E-state index contributed by atoms with van der Waals surface area (Å²) in [5.41, 5.74) is 5.40. The molecule has 1 N–H and O–H groups in total. The van der Waals surface area contributed by atoms with Gasteiger partial charge in [0.2, 0.25) is 0 Å². The maximum Gasteiger partial charge on any atom is 0.159 e. The highest BCUT2D eigenvalue weighted by molar-refractivity contribution is 5.92. The van der Waals surface area contributed by atoms with E-state index in [4.69, 9.17) is 4.98 Å². The van der Waals surface area contributed by atoms with Gasteiger partial charge in [0.15, 0.2) is 5.65 Å². The summed E-state index contributed by atoms with van der Waals surface area (Å²) in [6, 6.07) is 16.6. The van der Waals surface area contributed by atoms with Crippen LogP contribution in [0.25, 0.3) is 33.3 Å². The number of hydrogen-bond donors (Lipinski definition) is 1. The highest BCUT2D eigenvalue weighted by atomic mass is 15.2. The molecule has 29 heavy (non-hydrogen) atoms. The molecule has 0 amide bonds. The van der Waals surface area contributed by atoms with E-state index in [0.717, 1.165) is 33.5 Å². The number of nitrogens with one attached hydrogen (secondary N) is 1. The number of nitrogens with zero attached hydrogens (tertiary/aromatic N) is 6. The molecule has 3 heterocycles. The minimum Gasteiger partial charge on any atom is -0.352 e. The fourth-order valence-corrected chi connectivity index (χ4v) is 3.47. The van der Waals surface area contributed by atoms with Crippen LogP contribution in [0.3, 0.4) is 0 Å². The van der Waals surface area contributed by atoms with Crippen molar-refractivity contribution in [1.82, 2.24) is 30.1 Å². The van der Waals surface area contributed by atoms with E-state index >= 15 is 0 Å². The number of fused-ring (bicyclic) bond motifs is 2. The van der Waals surface area contributed by atoms with Gasteiger partial charge in [0.25, 0.3) is 0 Å². The predicted molar refractivity (Wildman–Crippen MR) is 113 cm³/mol. The van der Waals surface area contributed by atoms with Crippen molar-refractivity contribution in [2.24, 2.45) is 0 Å². The van der Waals surface area contributed by atoms with Crippen LogP contribution in [0, 0.1) is 0 Å². The van der Waals surface area contributed by atoms with Gasteiger partial charge >= 0.3 is 0 Å². The first-order valence-corrected chi connectivity index (χ1v) is 9.40. The van der Waals surface area contributed by atoms with Gasteiger partial charge in [0, 0.05) is 12.6 Å². The van der Waals surface area contributed by atoms with Crippen LogP contribution in [-0.2, 0) is 0 Å². The van der Waals surface area contributed by atoms with Crippen LogP contribution in [0.4, 0.5) is 5.82 Å². The first-order chi connectivity index (χ1) is 14.2. The van der Waals surface area contributed by atoms with E-state index < -0.39 is 0 Å². The number of H-pyrrole nitrogens is 1. The summed E-state index contributed by atoms with van der Waals surface area (Å²) in [4.78, 5) is 20.2. The van der Waals surface area contributed by atoms with Crippen molar-refractivity contribution in [3.05, 3.63) is 72.8 Å². The molecule has 0 saturated heterocycles. The molecular weight excluding hydrogens is 362 g/mol. The Labute approximate surface area is 167 Å². The third-order valence-corrected chi connectivity index (χ3v) is 5.28. The topological polar surface area (TPSA) is 83.5 Å². The fourth-order valence-electron chi connectivity index (χ4n) is 3.47. The Bertz CT molecular complexity index is 1300. The Morgan fingerprint density at radius 3 is 2.66 bits per heavy atom. The molecule has 0 fully saturated rings. The van der Waals surface area contributed by atoms with E-state index in [1.165, 1.54) is 11.9 Å². The SMILES string of the molecule is C[C@@H](c1ccccc1)N(C)c1cnc2cc(-c3ncnc4[nH]ncc34)ccc2n1. The Morgan fingerprint density at radius 2 is 1.79 bits per heavy atom. The van der Waals surface area contributed by atoms with Crippen LogP contribution in [0.5, 0.6) is 0 Å². The molecule has 0 saturated carbocycles. The minimum absolute atomic E-state index is 0.192. The fraction of sp³-hybridized carbons (Fsp3) is 0.136. The van der Waals surface area contributed by atoms with Crippen molar-refractivity contribution >= 4 is 27.9 Å². The quantitative estimate of drug-likeness (QED) is 0.503. The molecule has 0 aliphatic carbocycles. The Balaban J connectivity index is 1.51. The van der Waals surface area contributed by atoms with Gasteiger partial charge in [-0.1, -0.05) is 36.4 Å². The van der Waals surface area contributed by atoms with Crippen molar-refractivity contribution in [3.63, 3.8) is 0 Å². The number of benzene rings is 2. The first kappa shape index (κ1) is 17.2. The van der Waals surface area contributed by atoms with E-state index in [1.807, 2.05) is 37.5 Å². The molecule has 0 unspecified atom stereocenters. The smallest absolute Gasteiger partial charge is 0.159 e. The third kappa shape index (κ3) is 3.06. The number of aromatic nitrogens is 6. The molecule has 7 nitrogen and oxygen atoms in total. The second-order valence-corrected chi connectivity index (χ2v) is 6.98. The molecule has 1 atom stereocenters. The van der Waals surface area contributed by atoms with E-state index in [0.29, 0.717) is 5.65 Å². The maximum atomic E-state index is 4.82. The van der Waals surface area contributed by atoms with Crippen molar-refractivity contribution in [2.45, 2.75) is 13.0 Å². The second-order valence-electron chi connectivity index (χ2n) is 6.98. The largest absolute Gasteiger partial charge is 0.352 e. The first-order valence-electron chi connectivity index (χ1n) is 9.40. The van der Waals surface area contributed by atoms with Gasteiger partial charge in [0.05, 0.1) is 40.5 Å².